The molecule has 1 N–H and O–H groups in total. The summed E-state index contributed by atoms with van der Waals surface area (Å²) in [5.74, 6) is 0. The van der Waals surface area contributed by atoms with Crippen molar-refractivity contribution in [2.45, 2.75) is 18.7 Å². The second-order valence-electron chi connectivity index (χ2n) is 5.25. The average Bonchev–Trinajstić information content (AvgIpc) is 2.40. The van der Waals surface area contributed by atoms with Crippen molar-refractivity contribution < 1.29 is 8.42 Å². The van der Waals surface area contributed by atoms with Crippen LogP contribution in [0.15, 0.2) is 53.9 Å². The number of rotatable bonds is 4. The summed E-state index contributed by atoms with van der Waals surface area (Å²) in [7, 11) is -3.24. The predicted molar refractivity (Wildman–Crippen MR) is 88.7 cm³/mol. The molecule has 0 saturated heterocycles. The van der Waals surface area contributed by atoms with E-state index in [0.29, 0.717) is 4.90 Å². The third-order valence-electron chi connectivity index (χ3n) is 3.21. The van der Waals surface area contributed by atoms with Crippen molar-refractivity contribution >= 4 is 26.8 Å². The highest BCUT2D eigenvalue weighted by molar-refractivity contribution is 7.90. The van der Waals surface area contributed by atoms with Gasteiger partial charge in [-0.2, -0.15) is 0 Å². The lowest BCUT2D eigenvalue weighted by Crippen LogP contribution is -2.01. The van der Waals surface area contributed by atoms with Crippen molar-refractivity contribution in [3.63, 3.8) is 0 Å². The van der Waals surface area contributed by atoms with Gasteiger partial charge in [-0.1, -0.05) is 30.3 Å². The molecule has 0 saturated carbocycles. The van der Waals surface area contributed by atoms with Crippen LogP contribution in [0.4, 0.5) is 11.4 Å². The van der Waals surface area contributed by atoms with E-state index in [1.807, 2.05) is 38.1 Å². The average molecular weight is 301 g/mol. The monoisotopic (exact) mass is 301 g/mol. The second-order valence-corrected chi connectivity index (χ2v) is 7.27. The molecule has 2 aromatic carbocycles. The molecule has 2 rings (SSSR count). The highest BCUT2D eigenvalue weighted by Gasteiger charge is 2.11. The first-order valence-corrected chi connectivity index (χ1v) is 8.50. The third kappa shape index (κ3) is 3.73. The Morgan fingerprint density at radius 2 is 1.71 bits per heavy atom. The van der Waals surface area contributed by atoms with Gasteiger partial charge >= 0.3 is 0 Å². The van der Waals surface area contributed by atoms with Crippen molar-refractivity contribution in [2.24, 2.45) is 0 Å². The lowest BCUT2D eigenvalue weighted by atomic mass is 10.1. The fraction of sp³-hybridized carbons (Fsp3) is 0.176. The summed E-state index contributed by atoms with van der Waals surface area (Å²) in [6.45, 7) is 7.86. The largest absolute Gasteiger partial charge is 0.355 e. The molecule has 21 heavy (non-hydrogen) atoms. The zero-order valence-corrected chi connectivity index (χ0v) is 13.3. The lowest BCUT2D eigenvalue weighted by Gasteiger charge is -2.14. The van der Waals surface area contributed by atoms with E-state index in [-0.39, 0.29) is 0 Å². The summed E-state index contributed by atoms with van der Waals surface area (Å²) in [6.07, 6.45) is 1.21. The number of benzene rings is 2. The highest BCUT2D eigenvalue weighted by atomic mass is 32.2. The van der Waals surface area contributed by atoms with Gasteiger partial charge in [0, 0.05) is 23.2 Å². The Bertz CT molecular complexity index is 775. The van der Waals surface area contributed by atoms with E-state index in [9.17, 15) is 8.42 Å². The zero-order valence-electron chi connectivity index (χ0n) is 12.5. The number of aryl methyl sites for hydroxylation is 1. The molecule has 0 radical (unpaired) electrons. The molecule has 0 spiro atoms. The lowest BCUT2D eigenvalue weighted by molar-refractivity contribution is 0.602. The molecule has 0 bridgehead atoms. The number of hydrogen-bond acceptors (Lipinski definition) is 3. The van der Waals surface area contributed by atoms with Crippen molar-refractivity contribution in [1.29, 1.82) is 0 Å². The molecule has 110 valence electrons. The summed E-state index contributed by atoms with van der Waals surface area (Å²) in [5.41, 5.74) is 4.61. The minimum atomic E-state index is -3.24. The van der Waals surface area contributed by atoms with E-state index in [1.165, 1.54) is 11.8 Å². The summed E-state index contributed by atoms with van der Waals surface area (Å²) in [5, 5.41) is 3.27. The smallest absolute Gasteiger partial charge is 0.175 e. The molecule has 2 aromatic rings. The topological polar surface area (TPSA) is 46.2 Å². The van der Waals surface area contributed by atoms with Gasteiger partial charge in [-0.15, -0.1) is 0 Å². The minimum Gasteiger partial charge on any atom is -0.355 e. The molecule has 3 nitrogen and oxygen atoms in total. The first-order valence-electron chi connectivity index (χ1n) is 6.61. The molecule has 4 heteroatoms. The Morgan fingerprint density at radius 3 is 2.24 bits per heavy atom. The van der Waals surface area contributed by atoms with E-state index in [0.717, 1.165) is 22.5 Å². The van der Waals surface area contributed by atoms with E-state index >= 15 is 0 Å². The third-order valence-corrected chi connectivity index (χ3v) is 4.32. The van der Waals surface area contributed by atoms with Gasteiger partial charge in [-0.05, 0) is 43.7 Å². The van der Waals surface area contributed by atoms with E-state index in [2.05, 4.69) is 11.9 Å². The van der Waals surface area contributed by atoms with Crippen LogP contribution in [-0.2, 0) is 9.84 Å². The van der Waals surface area contributed by atoms with Gasteiger partial charge in [0.25, 0.3) is 0 Å². The van der Waals surface area contributed by atoms with Gasteiger partial charge in [0.15, 0.2) is 9.84 Å². The van der Waals surface area contributed by atoms with E-state index in [1.54, 1.807) is 18.2 Å². The molecular weight excluding hydrogens is 282 g/mol. The number of hydrogen-bond donors (Lipinski definition) is 1. The van der Waals surface area contributed by atoms with Crippen molar-refractivity contribution in [2.75, 3.05) is 11.6 Å². The maximum Gasteiger partial charge on any atom is 0.175 e. The molecule has 0 aromatic heterocycles. The minimum absolute atomic E-state index is 0.294. The van der Waals surface area contributed by atoms with Gasteiger partial charge in [0.05, 0.1) is 4.90 Å². The van der Waals surface area contributed by atoms with Crippen molar-refractivity contribution in [3.8, 4) is 0 Å². The summed E-state index contributed by atoms with van der Waals surface area (Å²) in [4.78, 5) is 0.294. The fourth-order valence-electron chi connectivity index (χ4n) is 2.02. The first kappa shape index (κ1) is 15.3. The van der Waals surface area contributed by atoms with Crippen LogP contribution < -0.4 is 5.32 Å². The quantitative estimate of drug-likeness (QED) is 0.921. The van der Waals surface area contributed by atoms with Crippen LogP contribution in [0.2, 0.25) is 0 Å². The number of allylic oxidation sites excluding steroid dienone is 1. The van der Waals surface area contributed by atoms with E-state index in [4.69, 9.17) is 0 Å². The number of sulfone groups is 1. The van der Waals surface area contributed by atoms with Crippen LogP contribution >= 0.6 is 0 Å². The van der Waals surface area contributed by atoms with Crippen LogP contribution in [-0.4, -0.2) is 14.7 Å². The molecular formula is C17H19NO2S. The van der Waals surface area contributed by atoms with E-state index < -0.39 is 9.84 Å². The van der Waals surface area contributed by atoms with Crippen LogP contribution in [0.3, 0.4) is 0 Å². The Labute approximate surface area is 126 Å². The Balaban J connectivity index is 2.48. The number of anilines is 2. The second kappa shape index (κ2) is 5.74. The van der Waals surface area contributed by atoms with Gasteiger partial charge in [0.2, 0.25) is 0 Å². The van der Waals surface area contributed by atoms with Gasteiger partial charge < -0.3 is 5.32 Å². The van der Waals surface area contributed by atoms with Crippen LogP contribution in [0, 0.1) is 6.92 Å². The summed E-state index contributed by atoms with van der Waals surface area (Å²) < 4.78 is 23.4. The first-order chi connectivity index (χ1) is 9.77. The molecule has 0 fully saturated rings. The molecule has 0 unspecified atom stereocenters. The zero-order chi connectivity index (χ0) is 15.6. The normalized spacial score (nSPS) is 11.2. The molecule has 0 amide bonds. The maximum atomic E-state index is 11.7. The van der Waals surface area contributed by atoms with Gasteiger partial charge in [-0.3, -0.25) is 0 Å². The molecule has 0 heterocycles. The van der Waals surface area contributed by atoms with Crippen LogP contribution in [0.1, 0.15) is 18.1 Å². The molecule has 0 aliphatic heterocycles. The SMILES string of the molecule is C=C(C)c1ccc(S(C)(=O)=O)cc1Nc1ccc(C)cc1. The standard InChI is InChI=1S/C17H19NO2S/c1-12(2)16-10-9-15(21(4,19)20)11-17(16)18-14-7-5-13(3)6-8-14/h5-11,18H,1H2,2-4H3. The highest BCUT2D eigenvalue weighted by Crippen LogP contribution is 2.28. The Kier molecular flexibility index (Phi) is 4.19. The number of nitrogens with one attached hydrogen (secondary N) is 1. The van der Waals surface area contributed by atoms with Gasteiger partial charge in [-0.25, -0.2) is 8.42 Å². The molecule has 0 atom stereocenters. The van der Waals surface area contributed by atoms with Crippen LogP contribution in [0.25, 0.3) is 5.57 Å². The molecule has 0 aliphatic rings. The fourth-order valence-corrected chi connectivity index (χ4v) is 2.67. The van der Waals surface area contributed by atoms with Crippen LogP contribution in [0.5, 0.6) is 0 Å². The maximum absolute atomic E-state index is 11.7. The summed E-state index contributed by atoms with van der Waals surface area (Å²) >= 11 is 0. The van der Waals surface area contributed by atoms with Gasteiger partial charge in [0.1, 0.15) is 0 Å². The molecule has 0 aliphatic carbocycles. The Morgan fingerprint density at radius 1 is 1.10 bits per heavy atom. The van der Waals surface area contributed by atoms with Crippen molar-refractivity contribution in [3.05, 3.63) is 60.2 Å². The Hall–Kier alpha value is -2.07. The van der Waals surface area contributed by atoms with Crippen molar-refractivity contribution in [1.82, 2.24) is 0 Å². The summed E-state index contributed by atoms with van der Waals surface area (Å²) in [6, 6.07) is 13.0. The predicted octanol–water partition coefficient (Wildman–Crippen LogP) is 4.18.